The predicted molar refractivity (Wildman–Crippen MR) is 191 cm³/mol. The molecule has 0 bridgehead atoms. The molecule has 4 aromatic rings. The maximum absolute atomic E-state index is 15.2. The number of nitrogens with one attached hydrogen (secondary N) is 1. The van der Waals surface area contributed by atoms with Crippen molar-refractivity contribution >= 4 is 46.6 Å². The van der Waals surface area contributed by atoms with Crippen LogP contribution in [0.4, 0.5) is 37.7 Å². The number of phenols is 1. The van der Waals surface area contributed by atoms with Crippen molar-refractivity contribution < 1.29 is 50.6 Å². The Labute approximate surface area is 320 Å². The number of imide groups is 2. The molecule has 2 heterocycles. The average molecular weight is 794 g/mol. The van der Waals surface area contributed by atoms with Crippen LogP contribution in [-0.4, -0.2) is 33.7 Å². The summed E-state index contributed by atoms with van der Waals surface area (Å²) in [5, 5.41) is 11.3. The van der Waals surface area contributed by atoms with Gasteiger partial charge in [0.2, 0.25) is 11.8 Å². The standard InChI is InChI=1S/C41H30ClF6N3O5/c1-20-7-9-24(10-8-20)49-51-36(54)31-19-30-27(34(28-12-11-26(52)18-32(28)42)39(31,38(51)56)21-5-3-2-4-6-21)13-14-29-33(30)37(55)50(35(29)53)25-16-22(40(43,44)45)15-23(17-25)41(46,47)48/h2-13,15-18,29-31,33-34,49,52H,14,19H2,1H3/t29-,30+,31-,33-,34+,39+/m0/s1. The molecule has 3 fully saturated rings. The van der Waals surface area contributed by atoms with Crippen molar-refractivity contribution in [1.29, 1.82) is 0 Å². The van der Waals surface area contributed by atoms with Gasteiger partial charge >= 0.3 is 12.4 Å². The third-order valence-corrected chi connectivity index (χ3v) is 11.8. The Bertz CT molecular complexity index is 2320. The number of hydrogen-bond donors (Lipinski definition) is 2. The fraction of sp³-hybridized carbons (Fsp3) is 0.268. The minimum Gasteiger partial charge on any atom is -0.508 e. The Morgan fingerprint density at radius 1 is 0.786 bits per heavy atom. The average Bonchev–Trinajstić information content (AvgIpc) is 3.53. The molecule has 2 aliphatic carbocycles. The summed E-state index contributed by atoms with van der Waals surface area (Å²) in [7, 11) is 0. The molecule has 4 aliphatic rings. The Balaban J connectivity index is 1.30. The van der Waals surface area contributed by atoms with E-state index in [0.717, 1.165) is 10.6 Å². The molecule has 56 heavy (non-hydrogen) atoms. The van der Waals surface area contributed by atoms with Gasteiger partial charge in [0, 0.05) is 10.9 Å². The zero-order chi connectivity index (χ0) is 40.1. The highest BCUT2D eigenvalue weighted by molar-refractivity contribution is 6.31. The number of halogens is 7. The number of fused-ring (bicyclic) bond motifs is 4. The fourth-order valence-corrected chi connectivity index (χ4v) is 9.45. The molecule has 0 radical (unpaired) electrons. The number of amides is 4. The van der Waals surface area contributed by atoms with Crippen LogP contribution in [-0.2, 0) is 36.9 Å². The number of hydrogen-bond acceptors (Lipinski definition) is 6. The van der Waals surface area contributed by atoms with E-state index in [0.29, 0.717) is 39.4 Å². The molecule has 4 amide bonds. The van der Waals surface area contributed by atoms with Gasteiger partial charge in [0.1, 0.15) is 5.75 Å². The summed E-state index contributed by atoms with van der Waals surface area (Å²) in [6.45, 7) is 1.86. The van der Waals surface area contributed by atoms with E-state index >= 15 is 4.79 Å². The molecule has 1 saturated carbocycles. The SMILES string of the molecule is Cc1ccc(NN2C(=O)[C@@H]3C[C@@H]4C(=CC[C@@H]5C(=O)N(c6cc(C(F)(F)F)cc(C(F)(F)F)c6)C(=O)[C@@H]54)[C@H](c4ccc(O)cc4Cl)[C@]3(c3ccccc3)C2=O)cc1. The highest BCUT2D eigenvalue weighted by Gasteiger charge is 2.70. The van der Waals surface area contributed by atoms with E-state index in [1.165, 1.54) is 18.2 Å². The molecule has 2 saturated heterocycles. The van der Waals surface area contributed by atoms with Crippen molar-refractivity contribution in [1.82, 2.24) is 5.01 Å². The number of carbonyl (C=O) groups is 4. The normalized spacial score (nSPS) is 26.2. The molecule has 4 aromatic carbocycles. The zero-order valence-electron chi connectivity index (χ0n) is 29.2. The number of rotatable bonds is 5. The van der Waals surface area contributed by atoms with E-state index in [2.05, 4.69) is 5.43 Å². The minimum absolute atomic E-state index is 0.0250. The van der Waals surface area contributed by atoms with Gasteiger partial charge < -0.3 is 5.11 Å². The molecule has 6 atom stereocenters. The third-order valence-electron chi connectivity index (χ3n) is 11.5. The number of carbonyl (C=O) groups excluding carboxylic acids is 4. The molecule has 0 aromatic heterocycles. The van der Waals surface area contributed by atoms with E-state index < -0.39 is 87.8 Å². The molecular formula is C41H30ClF6N3O5. The van der Waals surface area contributed by atoms with Gasteiger partial charge in [-0.2, -0.15) is 31.4 Å². The summed E-state index contributed by atoms with van der Waals surface area (Å²) in [5.74, 6) is -9.34. The van der Waals surface area contributed by atoms with Crippen LogP contribution in [0.15, 0.2) is 103 Å². The van der Waals surface area contributed by atoms with Crippen LogP contribution in [0, 0.1) is 30.6 Å². The van der Waals surface area contributed by atoms with Gasteiger partial charge in [0.05, 0.1) is 45.7 Å². The summed E-state index contributed by atoms with van der Waals surface area (Å²) >= 11 is 6.84. The van der Waals surface area contributed by atoms with Gasteiger partial charge in [-0.25, -0.2) is 4.90 Å². The van der Waals surface area contributed by atoms with E-state index in [9.17, 15) is 45.8 Å². The fourth-order valence-electron chi connectivity index (χ4n) is 9.16. The first-order valence-electron chi connectivity index (χ1n) is 17.6. The highest BCUT2D eigenvalue weighted by Crippen LogP contribution is 2.65. The van der Waals surface area contributed by atoms with Crippen molar-refractivity contribution in [3.05, 3.63) is 135 Å². The van der Waals surface area contributed by atoms with Gasteiger partial charge in [0.25, 0.3) is 11.8 Å². The number of benzene rings is 4. The zero-order valence-corrected chi connectivity index (χ0v) is 29.9. The Morgan fingerprint density at radius 3 is 2.04 bits per heavy atom. The molecule has 0 unspecified atom stereocenters. The number of aromatic hydroxyl groups is 1. The molecule has 15 heteroatoms. The van der Waals surface area contributed by atoms with Gasteiger partial charge in [0.15, 0.2) is 0 Å². The van der Waals surface area contributed by atoms with E-state index in [-0.39, 0.29) is 29.7 Å². The first kappa shape index (κ1) is 37.3. The van der Waals surface area contributed by atoms with Crippen LogP contribution in [0.3, 0.4) is 0 Å². The van der Waals surface area contributed by atoms with E-state index in [4.69, 9.17) is 11.6 Å². The lowest BCUT2D eigenvalue weighted by molar-refractivity contribution is -0.143. The van der Waals surface area contributed by atoms with Crippen LogP contribution in [0.2, 0.25) is 5.02 Å². The number of anilines is 2. The second-order valence-electron chi connectivity index (χ2n) is 14.6. The summed E-state index contributed by atoms with van der Waals surface area (Å²) in [4.78, 5) is 58.8. The van der Waals surface area contributed by atoms with E-state index in [1.807, 2.05) is 6.92 Å². The van der Waals surface area contributed by atoms with Crippen LogP contribution >= 0.6 is 11.6 Å². The van der Waals surface area contributed by atoms with Gasteiger partial charge in [-0.15, -0.1) is 0 Å². The molecule has 288 valence electrons. The summed E-state index contributed by atoms with van der Waals surface area (Å²) < 4.78 is 83.4. The van der Waals surface area contributed by atoms with E-state index in [1.54, 1.807) is 60.7 Å². The number of alkyl halides is 6. The highest BCUT2D eigenvalue weighted by atomic mass is 35.5. The van der Waals surface area contributed by atoms with Crippen molar-refractivity contribution in [2.24, 2.45) is 23.7 Å². The second kappa shape index (κ2) is 13.0. The molecular weight excluding hydrogens is 764 g/mol. The summed E-state index contributed by atoms with van der Waals surface area (Å²) in [6.07, 6.45) is -9.15. The largest absolute Gasteiger partial charge is 0.508 e. The topological polar surface area (TPSA) is 107 Å². The summed E-state index contributed by atoms with van der Waals surface area (Å²) in [5.41, 5.74) is -0.501. The number of nitrogens with zero attached hydrogens (tertiary/aromatic N) is 2. The predicted octanol–water partition coefficient (Wildman–Crippen LogP) is 8.58. The lowest BCUT2D eigenvalue weighted by atomic mass is 9.49. The first-order chi connectivity index (χ1) is 26.4. The number of allylic oxidation sites excluding steroid dienone is 2. The number of hydrazine groups is 1. The van der Waals surface area contributed by atoms with Crippen LogP contribution in [0.25, 0.3) is 0 Å². The van der Waals surface area contributed by atoms with Crippen molar-refractivity contribution in [2.75, 3.05) is 10.3 Å². The monoisotopic (exact) mass is 793 g/mol. The molecule has 0 spiro atoms. The van der Waals surface area contributed by atoms with Crippen molar-refractivity contribution in [2.45, 2.75) is 43.5 Å². The smallest absolute Gasteiger partial charge is 0.416 e. The van der Waals surface area contributed by atoms with Crippen molar-refractivity contribution in [3.63, 3.8) is 0 Å². The van der Waals surface area contributed by atoms with Crippen LogP contribution in [0.5, 0.6) is 5.75 Å². The van der Waals surface area contributed by atoms with Gasteiger partial charge in [-0.3, -0.25) is 24.6 Å². The Kier molecular flexibility index (Phi) is 8.64. The molecule has 2 N–H and O–H groups in total. The second-order valence-corrected chi connectivity index (χ2v) is 15.0. The third kappa shape index (κ3) is 5.67. The van der Waals surface area contributed by atoms with Gasteiger partial charge in [-0.1, -0.05) is 77.3 Å². The molecule has 8 rings (SSSR count). The van der Waals surface area contributed by atoms with Crippen LogP contribution < -0.4 is 10.3 Å². The molecule has 2 aliphatic heterocycles. The number of phenolic OH excluding ortho intramolecular Hbond substituents is 1. The van der Waals surface area contributed by atoms with Crippen LogP contribution in [0.1, 0.15) is 46.6 Å². The molecule has 8 nitrogen and oxygen atoms in total. The maximum atomic E-state index is 15.2. The summed E-state index contributed by atoms with van der Waals surface area (Å²) in [6, 6.07) is 20.2. The van der Waals surface area contributed by atoms with Crippen molar-refractivity contribution in [3.8, 4) is 5.75 Å². The lowest BCUT2D eigenvalue weighted by Gasteiger charge is -2.50. The first-order valence-corrected chi connectivity index (χ1v) is 17.9. The Morgan fingerprint density at radius 2 is 1.43 bits per heavy atom. The quantitative estimate of drug-likeness (QED) is 0.119. The maximum Gasteiger partial charge on any atom is 0.416 e. The number of aryl methyl sites for hydroxylation is 1. The Hall–Kier alpha value is -5.63. The van der Waals surface area contributed by atoms with Gasteiger partial charge in [-0.05, 0) is 79.3 Å². The lowest BCUT2D eigenvalue weighted by Crippen LogP contribution is -2.53. The minimum atomic E-state index is -5.24.